The fourth-order valence-corrected chi connectivity index (χ4v) is 2.67. The quantitative estimate of drug-likeness (QED) is 0.728. The molecule has 2 heteroatoms. The lowest BCUT2D eigenvalue weighted by Gasteiger charge is -2.17. The Bertz CT molecular complexity index is 624. The molecule has 0 aromatic carbocycles. The number of nitrogens with zero attached hydrogens (tertiary/aromatic N) is 2. The number of aryl methyl sites for hydroxylation is 1. The van der Waals surface area contributed by atoms with Crippen LogP contribution in [0.2, 0.25) is 0 Å². The highest BCUT2D eigenvalue weighted by atomic mass is 14.7. The minimum Gasteiger partial charge on any atom is -0.261 e. The molecule has 0 bridgehead atoms. The van der Waals surface area contributed by atoms with Gasteiger partial charge in [-0.1, -0.05) is 46.8 Å². The molecule has 0 atom stereocenters. The molecular formula is C21H30N2. The van der Waals surface area contributed by atoms with Crippen LogP contribution >= 0.6 is 0 Å². The van der Waals surface area contributed by atoms with Crippen molar-refractivity contribution in [1.29, 1.82) is 0 Å². The lowest BCUT2D eigenvalue weighted by Crippen LogP contribution is -2.08. The highest BCUT2D eigenvalue weighted by molar-refractivity contribution is 5.26. The summed E-state index contributed by atoms with van der Waals surface area (Å²) in [6.07, 6.45) is 6.01. The van der Waals surface area contributed by atoms with Crippen molar-refractivity contribution in [2.75, 3.05) is 0 Å². The third kappa shape index (κ3) is 6.13. The van der Waals surface area contributed by atoms with Crippen LogP contribution < -0.4 is 0 Å². The van der Waals surface area contributed by atoms with Gasteiger partial charge in [0.1, 0.15) is 0 Å². The van der Waals surface area contributed by atoms with Crippen LogP contribution in [0.5, 0.6) is 0 Å². The van der Waals surface area contributed by atoms with Crippen molar-refractivity contribution in [3.63, 3.8) is 0 Å². The van der Waals surface area contributed by atoms with Gasteiger partial charge in [-0.05, 0) is 54.4 Å². The molecule has 2 aromatic rings. The summed E-state index contributed by atoms with van der Waals surface area (Å²) < 4.78 is 0. The molecular weight excluding hydrogens is 280 g/mol. The Kier molecular flexibility index (Phi) is 5.92. The van der Waals surface area contributed by atoms with E-state index in [9.17, 15) is 0 Å². The summed E-state index contributed by atoms with van der Waals surface area (Å²) in [7, 11) is 0. The van der Waals surface area contributed by atoms with Gasteiger partial charge in [-0.3, -0.25) is 9.97 Å². The van der Waals surface area contributed by atoms with Crippen molar-refractivity contribution in [2.24, 2.45) is 11.3 Å². The van der Waals surface area contributed by atoms with Crippen LogP contribution in [0.1, 0.15) is 63.7 Å². The molecule has 0 saturated heterocycles. The van der Waals surface area contributed by atoms with Crippen molar-refractivity contribution < 1.29 is 0 Å². The van der Waals surface area contributed by atoms with Crippen molar-refractivity contribution in [1.82, 2.24) is 9.97 Å². The fraction of sp³-hybridized carbons (Fsp3) is 0.524. The molecule has 0 fully saturated rings. The first-order valence-corrected chi connectivity index (χ1v) is 8.71. The zero-order chi connectivity index (χ0) is 16.9. The minimum atomic E-state index is 0.353. The van der Waals surface area contributed by atoms with Crippen LogP contribution in [-0.4, -0.2) is 9.97 Å². The highest BCUT2D eigenvalue weighted by Crippen LogP contribution is 2.21. The van der Waals surface area contributed by atoms with E-state index in [2.05, 4.69) is 63.9 Å². The highest BCUT2D eigenvalue weighted by Gasteiger charge is 2.11. The molecule has 23 heavy (non-hydrogen) atoms. The molecule has 0 N–H and O–H groups in total. The molecule has 124 valence electrons. The Hall–Kier alpha value is -1.70. The van der Waals surface area contributed by atoms with Crippen molar-refractivity contribution >= 4 is 0 Å². The standard InChI is InChI=1S/C21H30N2/c1-16(2)14-20-17(8-7-13-22-20)15-19-10-6-9-18(23-19)11-12-21(3,4)5/h6-10,13,16H,11-12,14-15H2,1-5H3. The lowest BCUT2D eigenvalue weighted by molar-refractivity contribution is 0.376. The average Bonchev–Trinajstić information content (AvgIpc) is 2.46. The Labute approximate surface area is 141 Å². The van der Waals surface area contributed by atoms with Gasteiger partial charge in [-0.2, -0.15) is 0 Å². The van der Waals surface area contributed by atoms with Gasteiger partial charge in [-0.25, -0.2) is 0 Å². The maximum atomic E-state index is 4.86. The number of hydrogen-bond donors (Lipinski definition) is 0. The van der Waals surface area contributed by atoms with Crippen LogP contribution in [0.15, 0.2) is 36.5 Å². The Morgan fingerprint density at radius 1 is 1.00 bits per heavy atom. The van der Waals surface area contributed by atoms with E-state index in [1.165, 1.54) is 17.0 Å². The predicted octanol–water partition coefficient (Wildman–Crippen LogP) is 5.24. The fourth-order valence-electron chi connectivity index (χ4n) is 2.67. The molecule has 0 radical (unpaired) electrons. The minimum absolute atomic E-state index is 0.353. The topological polar surface area (TPSA) is 25.8 Å². The molecule has 0 unspecified atom stereocenters. The van der Waals surface area contributed by atoms with Gasteiger partial charge in [0.05, 0.1) is 0 Å². The van der Waals surface area contributed by atoms with Crippen LogP contribution in [0.25, 0.3) is 0 Å². The third-order valence-electron chi connectivity index (χ3n) is 3.95. The smallest absolute Gasteiger partial charge is 0.0451 e. The Balaban J connectivity index is 2.12. The van der Waals surface area contributed by atoms with E-state index >= 15 is 0 Å². The molecule has 0 aliphatic rings. The van der Waals surface area contributed by atoms with E-state index in [4.69, 9.17) is 4.98 Å². The molecule has 0 aliphatic heterocycles. The first kappa shape index (κ1) is 17.7. The number of aromatic nitrogens is 2. The summed E-state index contributed by atoms with van der Waals surface area (Å²) in [6, 6.07) is 10.6. The summed E-state index contributed by atoms with van der Waals surface area (Å²) >= 11 is 0. The molecule has 2 rings (SSSR count). The van der Waals surface area contributed by atoms with Gasteiger partial charge in [0, 0.05) is 29.7 Å². The molecule has 2 aromatic heterocycles. The number of rotatable bonds is 6. The van der Waals surface area contributed by atoms with Crippen LogP contribution in [0.3, 0.4) is 0 Å². The van der Waals surface area contributed by atoms with Gasteiger partial charge in [-0.15, -0.1) is 0 Å². The SMILES string of the molecule is CC(C)Cc1ncccc1Cc1cccc(CCC(C)(C)C)n1. The first-order chi connectivity index (χ1) is 10.8. The monoisotopic (exact) mass is 310 g/mol. The molecule has 0 spiro atoms. The second kappa shape index (κ2) is 7.72. The van der Waals surface area contributed by atoms with E-state index in [-0.39, 0.29) is 0 Å². The van der Waals surface area contributed by atoms with E-state index < -0.39 is 0 Å². The van der Waals surface area contributed by atoms with E-state index in [1.54, 1.807) is 0 Å². The number of pyridine rings is 2. The van der Waals surface area contributed by atoms with Gasteiger partial charge in [0.25, 0.3) is 0 Å². The molecule has 0 saturated carbocycles. The predicted molar refractivity (Wildman–Crippen MR) is 97.6 cm³/mol. The van der Waals surface area contributed by atoms with Crippen molar-refractivity contribution in [3.8, 4) is 0 Å². The van der Waals surface area contributed by atoms with Crippen molar-refractivity contribution in [2.45, 2.75) is 60.3 Å². The summed E-state index contributed by atoms with van der Waals surface area (Å²) in [4.78, 5) is 9.44. The zero-order valence-corrected chi connectivity index (χ0v) is 15.3. The molecule has 2 heterocycles. The summed E-state index contributed by atoms with van der Waals surface area (Å²) in [6.45, 7) is 11.3. The number of hydrogen-bond acceptors (Lipinski definition) is 2. The summed E-state index contributed by atoms with van der Waals surface area (Å²) in [5, 5.41) is 0. The maximum absolute atomic E-state index is 4.86. The second-order valence-electron chi connectivity index (χ2n) is 8.06. The normalized spacial score (nSPS) is 11.9. The Morgan fingerprint density at radius 3 is 2.43 bits per heavy atom. The van der Waals surface area contributed by atoms with E-state index in [0.717, 1.165) is 31.4 Å². The average molecular weight is 310 g/mol. The lowest BCUT2D eigenvalue weighted by atomic mass is 9.90. The first-order valence-electron chi connectivity index (χ1n) is 8.71. The maximum Gasteiger partial charge on any atom is 0.0451 e. The van der Waals surface area contributed by atoms with Crippen molar-refractivity contribution in [3.05, 3.63) is 59.2 Å². The van der Waals surface area contributed by atoms with Gasteiger partial charge in [0.15, 0.2) is 0 Å². The van der Waals surface area contributed by atoms with Crippen LogP contribution in [-0.2, 0) is 19.3 Å². The van der Waals surface area contributed by atoms with Crippen LogP contribution in [0, 0.1) is 11.3 Å². The van der Waals surface area contributed by atoms with Gasteiger partial charge >= 0.3 is 0 Å². The largest absolute Gasteiger partial charge is 0.261 e. The molecule has 0 amide bonds. The Morgan fingerprint density at radius 2 is 1.74 bits per heavy atom. The summed E-state index contributed by atoms with van der Waals surface area (Å²) in [5.74, 6) is 0.620. The van der Waals surface area contributed by atoms with Gasteiger partial charge < -0.3 is 0 Å². The third-order valence-corrected chi connectivity index (χ3v) is 3.95. The van der Waals surface area contributed by atoms with Gasteiger partial charge in [0.2, 0.25) is 0 Å². The van der Waals surface area contributed by atoms with E-state index in [1.807, 2.05) is 12.3 Å². The molecule has 0 aliphatic carbocycles. The molecule has 2 nitrogen and oxygen atoms in total. The van der Waals surface area contributed by atoms with E-state index in [0.29, 0.717) is 11.3 Å². The second-order valence-corrected chi connectivity index (χ2v) is 8.06. The summed E-state index contributed by atoms with van der Waals surface area (Å²) in [5.41, 5.74) is 5.22. The van der Waals surface area contributed by atoms with Crippen LogP contribution in [0.4, 0.5) is 0 Å². The zero-order valence-electron chi connectivity index (χ0n) is 15.3.